The minimum atomic E-state index is -0.455. The number of furan rings is 1. The smallest absolute Gasteiger partial charge is 0.291 e. The Morgan fingerprint density at radius 3 is 2.49 bits per heavy atom. The van der Waals surface area contributed by atoms with E-state index in [1.807, 2.05) is 13.8 Å². The van der Waals surface area contributed by atoms with Gasteiger partial charge in [-0.2, -0.15) is 0 Å². The molecule has 0 saturated carbocycles. The molecule has 2 aromatic carbocycles. The van der Waals surface area contributed by atoms with Crippen molar-refractivity contribution in [3.8, 4) is 0 Å². The zero-order valence-corrected chi connectivity index (χ0v) is 19.7. The number of carbonyl (C=O) groups is 4. The summed E-state index contributed by atoms with van der Waals surface area (Å²) in [5.41, 5.74) is 2.92. The van der Waals surface area contributed by atoms with Crippen LogP contribution in [0.15, 0.2) is 52.9 Å². The predicted molar refractivity (Wildman–Crippen MR) is 131 cm³/mol. The summed E-state index contributed by atoms with van der Waals surface area (Å²) in [6.07, 6.45) is 1.01. The highest BCUT2D eigenvalue weighted by Gasteiger charge is 2.37. The average Bonchev–Trinajstić information content (AvgIpc) is 3.13. The van der Waals surface area contributed by atoms with Crippen molar-refractivity contribution in [3.05, 3.63) is 76.7 Å². The summed E-state index contributed by atoms with van der Waals surface area (Å²) < 4.78 is 5.83. The number of Topliss-reactive ketones (excluding diaryl/α,β-unsaturated/α-hetero) is 1. The molecule has 2 heterocycles. The molecule has 3 aromatic rings. The van der Waals surface area contributed by atoms with Gasteiger partial charge in [-0.25, -0.2) is 0 Å². The molecule has 35 heavy (non-hydrogen) atoms. The molecule has 2 N–H and O–H groups in total. The molecule has 8 heteroatoms. The van der Waals surface area contributed by atoms with Gasteiger partial charge in [0.2, 0.25) is 5.91 Å². The van der Waals surface area contributed by atoms with Gasteiger partial charge in [0.05, 0.1) is 16.9 Å². The number of amides is 3. The first-order valence-corrected chi connectivity index (χ1v) is 11.4. The van der Waals surface area contributed by atoms with Crippen molar-refractivity contribution < 1.29 is 23.6 Å². The summed E-state index contributed by atoms with van der Waals surface area (Å²) in [6.45, 7) is 5.65. The highest BCUT2D eigenvalue weighted by atomic mass is 16.4. The van der Waals surface area contributed by atoms with E-state index in [2.05, 4.69) is 10.6 Å². The molecule has 2 aliphatic rings. The van der Waals surface area contributed by atoms with E-state index in [-0.39, 0.29) is 35.3 Å². The number of rotatable bonds is 3. The molecule has 178 valence electrons. The fourth-order valence-electron chi connectivity index (χ4n) is 4.75. The molecule has 0 fully saturated rings. The molecule has 1 aromatic heterocycles. The highest BCUT2D eigenvalue weighted by molar-refractivity contribution is 6.15. The summed E-state index contributed by atoms with van der Waals surface area (Å²) in [5, 5.41) is 5.54. The third-order valence-electron chi connectivity index (χ3n) is 6.39. The van der Waals surface area contributed by atoms with Crippen LogP contribution in [0.2, 0.25) is 0 Å². The standard InChI is InChI=1S/C27H25N3O5/c1-15-23-20(31)12-27(2,3)13-21(23)35-24(15)25(33)28-17-10-8-16(9-11-17)26(34)30-14-22(32)29-18-6-4-5-7-19(18)30/h4-11H,12-14H2,1-3H3,(H,28,33)(H,29,32). The van der Waals surface area contributed by atoms with Crippen molar-refractivity contribution in [2.45, 2.75) is 33.6 Å². The molecule has 0 spiro atoms. The molecule has 0 bridgehead atoms. The molecule has 3 amide bonds. The quantitative estimate of drug-likeness (QED) is 0.581. The van der Waals surface area contributed by atoms with Crippen molar-refractivity contribution in [1.82, 2.24) is 0 Å². The molecule has 0 radical (unpaired) electrons. The summed E-state index contributed by atoms with van der Waals surface area (Å²) in [7, 11) is 0. The Morgan fingerprint density at radius 1 is 1.03 bits per heavy atom. The number of nitrogens with zero attached hydrogens (tertiary/aromatic N) is 1. The van der Waals surface area contributed by atoms with Crippen LogP contribution in [-0.4, -0.2) is 30.0 Å². The second-order valence-electron chi connectivity index (χ2n) is 9.78. The van der Waals surface area contributed by atoms with E-state index in [1.54, 1.807) is 55.5 Å². The maximum Gasteiger partial charge on any atom is 0.291 e. The van der Waals surface area contributed by atoms with Gasteiger partial charge in [-0.1, -0.05) is 26.0 Å². The van der Waals surface area contributed by atoms with Gasteiger partial charge >= 0.3 is 0 Å². The van der Waals surface area contributed by atoms with Gasteiger partial charge in [-0.15, -0.1) is 0 Å². The van der Waals surface area contributed by atoms with E-state index in [0.717, 1.165) is 0 Å². The fraction of sp³-hybridized carbons (Fsp3) is 0.259. The first-order valence-electron chi connectivity index (χ1n) is 11.4. The molecule has 8 nitrogen and oxygen atoms in total. The number of benzene rings is 2. The van der Waals surface area contributed by atoms with Gasteiger partial charge in [-0.3, -0.25) is 24.1 Å². The second-order valence-corrected chi connectivity index (χ2v) is 9.78. The number of ketones is 1. The number of anilines is 3. The van der Waals surface area contributed by atoms with Crippen molar-refractivity contribution in [3.63, 3.8) is 0 Å². The first kappa shape index (κ1) is 22.6. The number of nitrogens with one attached hydrogen (secondary N) is 2. The van der Waals surface area contributed by atoms with E-state index >= 15 is 0 Å². The van der Waals surface area contributed by atoms with Crippen molar-refractivity contribution in [2.24, 2.45) is 5.41 Å². The van der Waals surface area contributed by atoms with Crippen LogP contribution in [0, 0.1) is 12.3 Å². The van der Waals surface area contributed by atoms with Crippen LogP contribution >= 0.6 is 0 Å². The average molecular weight is 472 g/mol. The number of hydrogen-bond acceptors (Lipinski definition) is 5. The fourth-order valence-corrected chi connectivity index (χ4v) is 4.75. The first-order chi connectivity index (χ1) is 16.6. The lowest BCUT2D eigenvalue weighted by Gasteiger charge is -2.29. The number of carbonyl (C=O) groups excluding carboxylic acids is 4. The number of fused-ring (bicyclic) bond motifs is 2. The summed E-state index contributed by atoms with van der Waals surface area (Å²) >= 11 is 0. The monoisotopic (exact) mass is 471 g/mol. The Morgan fingerprint density at radius 2 is 1.74 bits per heavy atom. The third kappa shape index (κ3) is 4.12. The predicted octanol–water partition coefficient (Wildman–Crippen LogP) is 4.59. The van der Waals surface area contributed by atoms with Gasteiger partial charge in [-0.05, 0) is 48.7 Å². The molecule has 1 aliphatic carbocycles. The Bertz CT molecular complexity index is 1380. The maximum atomic E-state index is 13.1. The Kier molecular flexibility index (Phi) is 5.31. The zero-order chi connectivity index (χ0) is 24.9. The number of hydrogen-bond donors (Lipinski definition) is 2. The molecular formula is C27H25N3O5. The van der Waals surface area contributed by atoms with Crippen LogP contribution in [0.25, 0.3) is 0 Å². The van der Waals surface area contributed by atoms with Gasteiger partial charge in [0.25, 0.3) is 11.8 Å². The van der Waals surface area contributed by atoms with Crippen LogP contribution in [-0.2, 0) is 11.2 Å². The topological polar surface area (TPSA) is 109 Å². The normalized spacial score (nSPS) is 16.3. The molecule has 1 aliphatic heterocycles. The molecular weight excluding hydrogens is 446 g/mol. The van der Waals surface area contributed by atoms with E-state index in [0.29, 0.717) is 52.4 Å². The van der Waals surface area contributed by atoms with Gasteiger partial charge in [0.15, 0.2) is 11.5 Å². The second kappa shape index (κ2) is 8.23. The lowest BCUT2D eigenvalue weighted by molar-refractivity contribution is -0.115. The van der Waals surface area contributed by atoms with Gasteiger partial charge < -0.3 is 15.1 Å². The minimum Gasteiger partial charge on any atom is -0.455 e. The Hall–Kier alpha value is -4.20. The van der Waals surface area contributed by atoms with E-state index in [1.165, 1.54) is 4.90 Å². The summed E-state index contributed by atoms with van der Waals surface area (Å²) in [5.74, 6) is -0.367. The largest absolute Gasteiger partial charge is 0.455 e. The van der Waals surface area contributed by atoms with E-state index in [9.17, 15) is 19.2 Å². The maximum absolute atomic E-state index is 13.1. The van der Waals surface area contributed by atoms with Crippen LogP contribution in [0.3, 0.4) is 0 Å². The zero-order valence-electron chi connectivity index (χ0n) is 19.7. The minimum absolute atomic E-state index is 0.00705. The van der Waals surface area contributed by atoms with Crippen molar-refractivity contribution >= 4 is 40.6 Å². The third-order valence-corrected chi connectivity index (χ3v) is 6.39. The number of para-hydroxylation sites is 2. The van der Waals surface area contributed by atoms with Crippen LogP contribution in [0.5, 0.6) is 0 Å². The lowest BCUT2D eigenvalue weighted by Crippen LogP contribution is -2.42. The SMILES string of the molecule is Cc1c(C(=O)Nc2ccc(C(=O)N3CC(=O)Nc4ccccc43)cc2)oc2c1C(=O)CC(C)(C)C2. The molecule has 0 saturated heterocycles. The van der Waals surface area contributed by atoms with E-state index < -0.39 is 5.91 Å². The Labute approximate surface area is 202 Å². The Balaban J connectivity index is 1.34. The van der Waals surface area contributed by atoms with Crippen LogP contribution in [0.1, 0.15) is 62.9 Å². The van der Waals surface area contributed by atoms with Crippen LogP contribution < -0.4 is 15.5 Å². The van der Waals surface area contributed by atoms with Gasteiger partial charge in [0, 0.05) is 29.7 Å². The van der Waals surface area contributed by atoms with Crippen molar-refractivity contribution in [1.29, 1.82) is 0 Å². The van der Waals surface area contributed by atoms with E-state index in [4.69, 9.17) is 4.42 Å². The molecule has 0 atom stereocenters. The van der Waals surface area contributed by atoms with Crippen LogP contribution in [0.4, 0.5) is 17.1 Å². The highest BCUT2D eigenvalue weighted by Crippen LogP contribution is 2.38. The summed E-state index contributed by atoms with van der Waals surface area (Å²) in [6, 6.07) is 13.5. The molecule has 0 unspecified atom stereocenters. The van der Waals surface area contributed by atoms with Crippen molar-refractivity contribution in [2.75, 3.05) is 22.1 Å². The summed E-state index contributed by atoms with van der Waals surface area (Å²) in [4.78, 5) is 52.1. The van der Waals surface area contributed by atoms with Gasteiger partial charge in [0.1, 0.15) is 12.3 Å². The molecule has 5 rings (SSSR count). The lowest BCUT2D eigenvalue weighted by atomic mass is 9.76.